The molecule has 2 rings (SSSR count). The number of fused-ring (bicyclic) bond motifs is 1. The van der Waals surface area contributed by atoms with Crippen molar-refractivity contribution in [3.63, 3.8) is 0 Å². The number of unbranched alkanes of at least 4 members (excludes halogenated alkanes) is 1. The molecule has 1 aromatic rings. The Hall–Kier alpha value is -1.24. The van der Waals surface area contributed by atoms with Crippen LogP contribution in [-0.4, -0.2) is 12.1 Å². The lowest BCUT2D eigenvalue weighted by atomic mass is 10.0. The van der Waals surface area contributed by atoms with Crippen molar-refractivity contribution < 1.29 is 0 Å². The van der Waals surface area contributed by atoms with Gasteiger partial charge in [-0.3, -0.25) is 0 Å². The van der Waals surface area contributed by atoms with E-state index in [1.807, 2.05) is 0 Å². The highest BCUT2D eigenvalue weighted by atomic mass is 15.2. The molecule has 2 atom stereocenters. The Morgan fingerprint density at radius 2 is 2.25 bits per heavy atom. The first kappa shape index (κ1) is 15.2. The number of hydrogen-bond acceptors (Lipinski definition) is 1. The number of allylic oxidation sites excluding steroid dienone is 1. The van der Waals surface area contributed by atoms with Crippen molar-refractivity contribution in [3.8, 4) is 0 Å². The Morgan fingerprint density at radius 3 is 2.95 bits per heavy atom. The third kappa shape index (κ3) is 3.26. The summed E-state index contributed by atoms with van der Waals surface area (Å²) in [5.41, 5.74) is 4.40. The van der Waals surface area contributed by atoms with Crippen molar-refractivity contribution in [2.24, 2.45) is 0 Å². The predicted octanol–water partition coefficient (Wildman–Crippen LogP) is 5.27. The number of nitrogens with zero attached hydrogens (tertiary/aromatic N) is 1. The smallest absolute Gasteiger partial charge is 0.0407 e. The van der Waals surface area contributed by atoms with Gasteiger partial charge in [0.05, 0.1) is 0 Å². The lowest BCUT2D eigenvalue weighted by Crippen LogP contribution is -2.39. The molecule has 1 heterocycles. The number of aryl methyl sites for hydroxylation is 1. The van der Waals surface area contributed by atoms with Crippen LogP contribution in [0.4, 0.5) is 5.69 Å². The SMILES string of the molecule is C=CCCC1Cc2ccc(C)cc2N1C(C)CCCC. The van der Waals surface area contributed by atoms with Crippen LogP contribution >= 0.6 is 0 Å². The molecule has 110 valence electrons. The molecule has 1 nitrogen and oxygen atoms in total. The maximum absolute atomic E-state index is 3.89. The van der Waals surface area contributed by atoms with Crippen LogP contribution in [0.25, 0.3) is 0 Å². The molecule has 0 aliphatic carbocycles. The molecule has 0 N–H and O–H groups in total. The van der Waals surface area contributed by atoms with E-state index in [1.54, 1.807) is 0 Å². The van der Waals surface area contributed by atoms with Gasteiger partial charge in [0.15, 0.2) is 0 Å². The summed E-state index contributed by atoms with van der Waals surface area (Å²) in [4.78, 5) is 2.70. The average Bonchev–Trinajstić information content (AvgIpc) is 2.80. The average molecular weight is 271 g/mol. The molecule has 0 aromatic heterocycles. The van der Waals surface area contributed by atoms with Gasteiger partial charge in [-0.15, -0.1) is 6.58 Å². The highest BCUT2D eigenvalue weighted by Gasteiger charge is 2.31. The second kappa shape index (κ2) is 6.97. The van der Waals surface area contributed by atoms with Gasteiger partial charge < -0.3 is 4.90 Å². The van der Waals surface area contributed by atoms with Crippen LogP contribution < -0.4 is 4.90 Å². The van der Waals surface area contributed by atoms with Crippen LogP contribution in [0, 0.1) is 6.92 Å². The third-order valence-corrected chi connectivity index (χ3v) is 4.52. The Balaban J connectivity index is 2.21. The number of rotatable bonds is 7. The predicted molar refractivity (Wildman–Crippen MR) is 89.6 cm³/mol. The minimum atomic E-state index is 0.646. The molecule has 0 amide bonds. The molecule has 0 radical (unpaired) electrons. The van der Waals surface area contributed by atoms with Crippen molar-refractivity contribution in [1.82, 2.24) is 0 Å². The van der Waals surface area contributed by atoms with E-state index in [0.29, 0.717) is 12.1 Å². The molecular weight excluding hydrogens is 242 g/mol. The monoisotopic (exact) mass is 271 g/mol. The fraction of sp³-hybridized carbons (Fsp3) is 0.579. The maximum atomic E-state index is 3.89. The normalized spacial score (nSPS) is 18.9. The van der Waals surface area contributed by atoms with Crippen LogP contribution in [0.2, 0.25) is 0 Å². The van der Waals surface area contributed by atoms with Gasteiger partial charge in [0.2, 0.25) is 0 Å². The summed E-state index contributed by atoms with van der Waals surface area (Å²) in [6.07, 6.45) is 9.53. The summed E-state index contributed by atoms with van der Waals surface area (Å²) >= 11 is 0. The van der Waals surface area contributed by atoms with Gasteiger partial charge in [-0.05, 0) is 56.7 Å². The third-order valence-electron chi connectivity index (χ3n) is 4.52. The number of anilines is 1. The molecule has 1 aliphatic heterocycles. The van der Waals surface area contributed by atoms with E-state index in [0.717, 1.165) is 6.42 Å². The van der Waals surface area contributed by atoms with Crippen molar-refractivity contribution in [3.05, 3.63) is 42.0 Å². The van der Waals surface area contributed by atoms with E-state index in [1.165, 1.54) is 48.9 Å². The van der Waals surface area contributed by atoms with Crippen LogP contribution in [0.1, 0.15) is 57.1 Å². The highest BCUT2D eigenvalue weighted by molar-refractivity contribution is 5.61. The minimum absolute atomic E-state index is 0.646. The molecule has 0 saturated carbocycles. The largest absolute Gasteiger partial charge is 0.365 e. The van der Waals surface area contributed by atoms with Crippen LogP contribution in [0.5, 0.6) is 0 Å². The molecule has 0 spiro atoms. The zero-order chi connectivity index (χ0) is 14.5. The number of benzene rings is 1. The first-order chi connectivity index (χ1) is 9.67. The quantitative estimate of drug-likeness (QED) is 0.611. The number of hydrogen-bond donors (Lipinski definition) is 0. The standard InChI is InChI=1S/C19H29N/c1-5-7-9-16(4)20-18(10-8-6-2)14-17-12-11-15(3)13-19(17)20/h6,11-13,16,18H,2,5,7-10,14H2,1,3-4H3. The van der Waals surface area contributed by atoms with Crippen molar-refractivity contribution in [2.45, 2.75) is 71.4 Å². The van der Waals surface area contributed by atoms with Crippen molar-refractivity contribution in [1.29, 1.82) is 0 Å². The molecule has 1 aromatic carbocycles. The molecule has 0 bridgehead atoms. The Labute approximate surface area is 124 Å². The fourth-order valence-corrected chi connectivity index (χ4v) is 3.42. The Kier molecular flexibility index (Phi) is 5.28. The summed E-state index contributed by atoms with van der Waals surface area (Å²) < 4.78 is 0. The van der Waals surface area contributed by atoms with Crippen LogP contribution in [0.3, 0.4) is 0 Å². The van der Waals surface area contributed by atoms with E-state index in [9.17, 15) is 0 Å². The van der Waals surface area contributed by atoms with Gasteiger partial charge in [0, 0.05) is 17.8 Å². The fourth-order valence-electron chi connectivity index (χ4n) is 3.42. The Bertz CT molecular complexity index is 449. The van der Waals surface area contributed by atoms with Crippen molar-refractivity contribution >= 4 is 5.69 Å². The molecule has 0 fully saturated rings. The summed E-state index contributed by atoms with van der Waals surface area (Å²) in [5, 5.41) is 0. The van der Waals surface area contributed by atoms with Gasteiger partial charge in [-0.1, -0.05) is 38.0 Å². The molecular formula is C19H29N. The summed E-state index contributed by atoms with van der Waals surface area (Å²) in [7, 11) is 0. The van der Waals surface area contributed by atoms with E-state index in [2.05, 4.69) is 56.5 Å². The molecule has 2 unspecified atom stereocenters. The second-order valence-corrected chi connectivity index (χ2v) is 6.25. The molecule has 20 heavy (non-hydrogen) atoms. The van der Waals surface area contributed by atoms with Gasteiger partial charge in [0.25, 0.3) is 0 Å². The van der Waals surface area contributed by atoms with Gasteiger partial charge in [-0.2, -0.15) is 0 Å². The van der Waals surface area contributed by atoms with Crippen LogP contribution in [0.15, 0.2) is 30.9 Å². The lowest BCUT2D eigenvalue weighted by molar-refractivity contribution is 0.489. The zero-order valence-corrected chi connectivity index (χ0v) is 13.4. The second-order valence-electron chi connectivity index (χ2n) is 6.25. The summed E-state index contributed by atoms with van der Waals surface area (Å²) in [5.74, 6) is 0. The van der Waals surface area contributed by atoms with Gasteiger partial charge >= 0.3 is 0 Å². The van der Waals surface area contributed by atoms with Gasteiger partial charge in [0.1, 0.15) is 0 Å². The minimum Gasteiger partial charge on any atom is -0.365 e. The first-order valence-electron chi connectivity index (χ1n) is 8.16. The lowest BCUT2D eigenvalue weighted by Gasteiger charge is -2.34. The van der Waals surface area contributed by atoms with Crippen molar-refractivity contribution in [2.75, 3.05) is 4.90 Å². The topological polar surface area (TPSA) is 3.24 Å². The van der Waals surface area contributed by atoms with E-state index < -0.39 is 0 Å². The highest BCUT2D eigenvalue weighted by Crippen LogP contribution is 2.37. The Morgan fingerprint density at radius 1 is 1.45 bits per heavy atom. The molecule has 1 aliphatic rings. The van der Waals surface area contributed by atoms with E-state index in [-0.39, 0.29) is 0 Å². The maximum Gasteiger partial charge on any atom is 0.0407 e. The zero-order valence-electron chi connectivity index (χ0n) is 13.4. The first-order valence-corrected chi connectivity index (χ1v) is 8.16. The molecule has 1 heteroatoms. The van der Waals surface area contributed by atoms with E-state index in [4.69, 9.17) is 0 Å². The van der Waals surface area contributed by atoms with Gasteiger partial charge in [-0.25, -0.2) is 0 Å². The summed E-state index contributed by atoms with van der Waals surface area (Å²) in [6.45, 7) is 10.8. The van der Waals surface area contributed by atoms with Crippen LogP contribution in [-0.2, 0) is 6.42 Å². The van der Waals surface area contributed by atoms with E-state index >= 15 is 0 Å². The summed E-state index contributed by atoms with van der Waals surface area (Å²) in [6, 6.07) is 8.28. The molecule has 0 saturated heterocycles.